The second-order valence-corrected chi connectivity index (χ2v) is 15.1. The maximum absolute atomic E-state index is 11.5. The molecule has 380 valence electrons. The number of benzene rings is 6. The maximum Gasteiger partial charge on any atom is 1.00 e. The monoisotopic (exact) mass is 1040 g/mol. The summed E-state index contributed by atoms with van der Waals surface area (Å²) in [6.07, 6.45) is -0.434. The Morgan fingerprint density at radius 3 is 1.04 bits per heavy atom. The molecule has 0 spiro atoms. The van der Waals surface area contributed by atoms with Crippen molar-refractivity contribution in [2.45, 2.75) is 39.5 Å². The maximum atomic E-state index is 11.5. The van der Waals surface area contributed by atoms with Crippen molar-refractivity contribution in [2.75, 3.05) is 52.7 Å². The minimum Gasteiger partial charge on any atom is -1.00 e. The molecule has 0 saturated carbocycles. The zero-order valence-corrected chi connectivity index (χ0v) is 44.7. The van der Waals surface area contributed by atoms with Gasteiger partial charge in [0.1, 0.15) is 26.1 Å². The fourth-order valence-corrected chi connectivity index (χ4v) is 8.22. The second-order valence-electron chi connectivity index (χ2n) is 15.1. The first-order chi connectivity index (χ1) is 33.2. The number of fused-ring (bicyclic) bond motifs is 9. The summed E-state index contributed by atoms with van der Waals surface area (Å²) in [4.78, 5) is 55.5. The van der Waals surface area contributed by atoms with Crippen LogP contribution in [0.3, 0.4) is 0 Å². The van der Waals surface area contributed by atoms with Crippen LogP contribution in [0.5, 0.6) is 0 Å². The van der Waals surface area contributed by atoms with Crippen LogP contribution >= 0.6 is 12.4 Å². The fraction of sp³-hybridized carbons (Fsp3) is 0.255. The number of esters is 1. The molecule has 0 radical (unpaired) electrons. The summed E-state index contributed by atoms with van der Waals surface area (Å²) < 4.78 is 15.7. The van der Waals surface area contributed by atoms with Crippen LogP contribution in [0.15, 0.2) is 146 Å². The number of alkyl carbamates (subject to hydrolysis) is 2. The van der Waals surface area contributed by atoms with Crippen molar-refractivity contribution in [1.82, 2.24) is 10.6 Å². The SMILES string of the molecule is C.C.CC(=O)OCC1c2ccccc2-c2ccccc21.Cl.NCCO.O=C(NCCO)OCC1c2ccccc2-c2ccccc21.O=CCNC(=O)OCC1c2ccccc2-c2ccccc21.O=CO[O-].[H-].[Na+].[Na+]. The average molecular weight is 1040 g/mol. The normalized spacial score (nSPS) is 11.1. The number of carbonyl (C=O) groups is 5. The Morgan fingerprint density at radius 2 is 0.808 bits per heavy atom. The molecule has 0 saturated heterocycles. The molecular formula is C55H64ClN3Na2O12. The predicted octanol–water partition coefficient (Wildman–Crippen LogP) is 1.79. The van der Waals surface area contributed by atoms with Crippen molar-refractivity contribution in [3.05, 3.63) is 179 Å². The molecule has 0 unspecified atom stereocenters. The van der Waals surface area contributed by atoms with Crippen molar-refractivity contribution in [3.8, 4) is 33.4 Å². The topological polar surface area (TPSA) is 236 Å². The number of halogens is 1. The molecule has 73 heavy (non-hydrogen) atoms. The molecule has 0 aromatic heterocycles. The van der Waals surface area contributed by atoms with Crippen LogP contribution in [0.1, 0.15) is 74.3 Å². The number of hydrogen-bond donors (Lipinski definition) is 5. The number of aliphatic hydroxyl groups is 2. The van der Waals surface area contributed by atoms with E-state index in [2.05, 4.69) is 88.3 Å². The van der Waals surface area contributed by atoms with Gasteiger partial charge in [0.2, 0.25) is 0 Å². The van der Waals surface area contributed by atoms with E-state index in [1.165, 1.54) is 73.7 Å². The van der Waals surface area contributed by atoms with E-state index in [4.69, 9.17) is 40.2 Å². The quantitative estimate of drug-likeness (QED) is 0.0294. The summed E-state index contributed by atoms with van der Waals surface area (Å²) in [6.45, 7) is 2.80. The van der Waals surface area contributed by atoms with Gasteiger partial charge in [0.05, 0.1) is 19.8 Å². The van der Waals surface area contributed by atoms with Gasteiger partial charge in [-0.2, -0.15) is 0 Å². The molecule has 3 aliphatic carbocycles. The minimum absolute atomic E-state index is 0. The predicted molar refractivity (Wildman–Crippen MR) is 275 cm³/mol. The third kappa shape index (κ3) is 18.8. The van der Waals surface area contributed by atoms with E-state index in [1.54, 1.807) is 0 Å². The molecule has 0 bridgehead atoms. The summed E-state index contributed by atoms with van der Waals surface area (Å²) in [6, 6.07) is 49.3. The standard InChI is InChI=1S/C17H17NO3.C17H15NO3.C16H14O2.C2H7NO.CH2O3.2CH4.ClH.2Na.H/c2*19-10-9-18-17(20)21-11-16-14-7-3-1-5-12(14)13-6-2-4-8-15(13)16;1-11(17)18-10-16-14-8-4-2-6-12(14)13-7-3-5-9-15(13)16;3-1-2-4;2-1-4-3;;;;;;/h1-8,16,19H,9-11H2,(H,18,20);1-8,10,16H,9,11H2,(H,18,20);2-9,16H,10H2,1H3;4H,1-3H2;1,3H;2*1H4;1H;;;/q;;;;;;;;2*+1;-1/p-1. The smallest absolute Gasteiger partial charge is 1.00 e. The van der Waals surface area contributed by atoms with Gasteiger partial charge in [-0.3, -0.25) is 9.59 Å². The largest absolute Gasteiger partial charge is 1.00 e. The summed E-state index contributed by atoms with van der Waals surface area (Å²) in [5, 5.41) is 29.7. The molecule has 0 heterocycles. The van der Waals surface area contributed by atoms with E-state index < -0.39 is 12.2 Å². The van der Waals surface area contributed by atoms with Crippen LogP contribution < -0.4 is 80.7 Å². The van der Waals surface area contributed by atoms with E-state index in [-0.39, 0.29) is 151 Å². The van der Waals surface area contributed by atoms with Gasteiger partial charge < -0.3 is 57.2 Å². The number of aldehydes is 1. The molecule has 9 rings (SSSR count). The van der Waals surface area contributed by atoms with Gasteiger partial charge in [0.15, 0.2) is 0 Å². The van der Waals surface area contributed by atoms with Crippen LogP contribution in [0.25, 0.3) is 33.4 Å². The molecule has 6 N–H and O–H groups in total. The summed E-state index contributed by atoms with van der Waals surface area (Å²) >= 11 is 0. The number of carbonyl (C=O) groups excluding carboxylic acids is 5. The number of amides is 2. The molecule has 2 amide bonds. The number of ether oxygens (including phenoxy) is 3. The summed E-state index contributed by atoms with van der Waals surface area (Å²) in [7, 11) is 0. The fourth-order valence-electron chi connectivity index (χ4n) is 8.22. The molecule has 0 atom stereocenters. The van der Waals surface area contributed by atoms with E-state index in [0.717, 1.165) is 0 Å². The number of nitrogens with two attached hydrogens (primary N) is 1. The average Bonchev–Trinajstić information content (AvgIpc) is 4.01. The van der Waals surface area contributed by atoms with E-state index in [1.807, 2.05) is 72.8 Å². The van der Waals surface area contributed by atoms with E-state index >= 15 is 0 Å². The summed E-state index contributed by atoms with van der Waals surface area (Å²) in [5.74, 6) is 0.0508. The Balaban J connectivity index is 0. The van der Waals surface area contributed by atoms with Crippen molar-refractivity contribution >= 4 is 43.3 Å². The molecule has 0 aliphatic heterocycles. The molecule has 6 aromatic rings. The third-order valence-corrected chi connectivity index (χ3v) is 11.0. The molecule has 18 heteroatoms. The minimum atomic E-state index is -0.566. The van der Waals surface area contributed by atoms with Crippen LogP contribution in [-0.2, 0) is 33.5 Å². The first kappa shape index (κ1) is 67.6. The van der Waals surface area contributed by atoms with Crippen LogP contribution in [0, 0.1) is 0 Å². The van der Waals surface area contributed by atoms with Crippen LogP contribution in [0.4, 0.5) is 9.59 Å². The number of hydrogen-bond acceptors (Lipinski definition) is 13. The first-order valence-corrected chi connectivity index (χ1v) is 21.8. The van der Waals surface area contributed by atoms with Gasteiger partial charge in [0.25, 0.3) is 6.47 Å². The van der Waals surface area contributed by atoms with Gasteiger partial charge in [0, 0.05) is 37.8 Å². The van der Waals surface area contributed by atoms with Crippen LogP contribution in [-0.4, -0.2) is 93.8 Å². The third-order valence-electron chi connectivity index (χ3n) is 11.0. The number of aliphatic hydroxyl groups excluding tert-OH is 2. The molecule has 3 aliphatic rings. The number of nitrogens with one attached hydrogen (secondary N) is 2. The van der Waals surface area contributed by atoms with Crippen molar-refractivity contribution in [3.63, 3.8) is 0 Å². The zero-order chi connectivity index (χ0) is 48.7. The van der Waals surface area contributed by atoms with Gasteiger partial charge in [-0.15, -0.1) is 12.4 Å². The first-order valence-electron chi connectivity index (χ1n) is 21.8. The molecule has 6 aromatic carbocycles. The second kappa shape index (κ2) is 36.5. The molecule has 15 nitrogen and oxygen atoms in total. The Bertz CT molecular complexity index is 2490. The van der Waals surface area contributed by atoms with Gasteiger partial charge in [-0.05, 0) is 66.8 Å². The Kier molecular flexibility index (Phi) is 33.8. The van der Waals surface area contributed by atoms with Gasteiger partial charge in [-0.25, -0.2) is 9.59 Å². The Morgan fingerprint density at radius 1 is 0.548 bits per heavy atom. The van der Waals surface area contributed by atoms with Gasteiger partial charge >= 0.3 is 77.3 Å². The van der Waals surface area contributed by atoms with Gasteiger partial charge in [-0.1, -0.05) is 160 Å². The number of rotatable bonds is 12. The summed E-state index contributed by atoms with van der Waals surface area (Å²) in [5.41, 5.74) is 19.3. The van der Waals surface area contributed by atoms with E-state index in [0.29, 0.717) is 26.0 Å². The Labute approximate surface area is 479 Å². The van der Waals surface area contributed by atoms with Crippen molar-refractivity contribution in [1.29, 1.82) is 0 Å². The molecule has 0 fully saturated rings. The van der Waals surface area contributed by atoms with Crippen LogP contribution in [0.2, 0.25) is 0 Å². The van der Waals surface area contributed by atoms with E-state index in [9.17, 15) is 19.2 Å². The van der Waals surface area contributed by atoms with Crippen molar-refractivity contribution < 1.29 is 119 Å². The molecular weight excluding hydrogens is 976 g/mol. The Hall–Kier alpha value is -5.40. The zero-order valence-electron chi connectivity index (χ0n) is 40.9. The van der Waals surface area contributed by atoms with Crippen molar-refractivity contribution in [2.24, 2.45) is 5.73 Å².